The minimum atomic E-state index is -3.77. The summed E-state index contributed by atoms with van der Waals surface area (Å²) in [6.07, 6.45) is 4.67. The highest BCUT2D eigenvalue weighted by atomic mass is 32.2. The molecule has 13 heteroatoms. The number of aromatic nitrogens is 2. The summed E-state index contributed by atoms with van der Waals surface area (Å²) in [5.41, 5.74) is 0.277. The fourth-order valence-electron chi connectivity index (χ4n) is 5.07. The molecule has 1 fully saturated rings. The standard InChI is InChI=1S/C28H30N4O8S/c1-6-14-41(34,35)17-15-18-22(33)20-24(40-23(18)19(16-17)36-2)21(26(38-4)27(39-5)25(20)37-3)31-10-12-32(13-11-31)28-29-8-7-9-30-28/h6-9,15-16H,1,10-14H2,2-5H3. The molecule has 0 bridgehead atoms. The van der Waals surface area contributed by atoms with Crippen LogP contribution in [0.15, 0.2) is 57.4 Å². The van der Waals surface area contributed by atoms with Crippen molar-refractivity contribution in [1.82, 2.24) is 9.97 Å². The molecule has 1 aliphatic rings. The molecular formula is C28H30N4O8S. The van der Waals surface area contributed by atoms with Crippen LogP contribution in [0.4, 0.5) is 11.6 Å². The Bertz CT molecular complexity index is 1780. The quantitative estimate of drug-likeness (QED) is 0.212. The number of nitrogens with zero attached hydrogens (tertiary/aromatic N) is 4. The van der Waals surface area contributed by atoms with Crippen LogP contribution in [0, 0.1) is 0 Å². The zero-order chi connectivity index (χ0) is 29.3. The van der Waals surface area contributed by atoms with Crippen LogP contribution in [0.3, 0.4) is 0 Å². The number of benzene rings is 2. The van der Waals surface area contributed by atoms with Crippen LogP contribution in [0.25, 0.3) is 21.9 Å². The van der Waals surface area contributed by atoms with Crippen LogP contribution in [-0.2, 0) is 9.84 Å². The van der Waals surface area contributed by atoms with Crippen molar-refractivity contribution in [2.24, 2.45) is 0 Å². The minimum absolute atomic E-state index is 0.0157. The SMILES string of the molecule is C=CCS(=O)(=O)c1cc(OC)c2oc3c(N4CCN(c5ncccn5)CC4)c(OC)c(OC)c(OC)c3c(=O)c2c1. The molecule has 0 spiro atoms. The second-order valence-electron chi connectivity index (χ2n) is 9.18. The smallest absolute Gasteiger partial charge is 0.225 e. The molecule has 5 rings (SSSR count). The largest absolute Gasteiger partial charge is 0.493 e. The first-order valence-electron chi connectivity index (χ1n) is 12.7. The molecule has 2 aromatic carbocycles. The number of sulfone groups is 1. The molecule has 12 nitrogen and oxygen atoms in total. The van der Waals surface area contributed by atoms with Crippen LogP contribution >= 0.6 is 0 Å². The van der Waals surface area contributed by atoms with Gasteiger partial charge in [-0.1, -0.05) is 6.08 Å². The van der Waals surface area contributed by atoms with Crippen LogP contribution in [0.2, 0.25) is 0 Å². The summed E-state index contributed by atoms with van der Waals surface area (Å²) < 4.78 is 54.8. The molecule has 1 saturated heterocycles. The first kappa shape index (κ1) is 28.0. The molecule has 0 unspecified atom stereocenters. The first-order chi connectivity index (χ1) is 19.8. The summed E-state index contributed by atoms with van der Waals surface area (Å²) in [4.78, 5) is 26.9. The predicted octanol–water partition coefficient (Wildman–Crippen LogP) is 3.06. The Morgan fingerprint density at radius 1 is 0.902 bits per heavy atom. The van der Waals surface area contributed by atoms with Gasteiger partial charge in [0.15, 0.2) is 38.3 Å². The van der Waals surface area contributed by atoms with Crippen molar-refractivity contribution in [3.05, 3.63) is 53.5 Å². The number of ether oxygens (including phenoxy) is 4. The van der Waals surface area contributed by atoms with Gasteiger partial charge in [0, 0.05) is 44.6 Å². The Hall–Kier alpha value is -4.52. The van der Waals surface area contributed by atoms with E-state index in [1.165, 1.54) is 46.6 Å². The van der Waals surface area contributed by atoms with Gasteiger partial charge in [-0.05, 0) is 12.1 Å². The van der Waals surface area contributed by atoms with E-state index in [0.717, 1.165) is 0 Å². The van der Waals surface area contributed by atoms with Gasteiger partial charge >= 0.3 is 0 Å². The second-order valence-corrected chi connectivity index (χ2v) is 11.2. The Balaban J connectivity index is 1.78. The summed E-state index contributed by atoms with van der Waals surface area (Å²) in [7, 11) is 1.96. The number of methoxy groups -OCH3 is 4. The Labute approximate surface area is 236 Å². The van der Waals surface area contributed by atoms with Crippen molar-refractivity contribution >= 4 is 43.4 Å². The maximum Gasteiger partial charge on any atom is 0.225 e. The van der Waals surface area contributed by atoms with Crippen molar-refractivity contribution in [2.45, 2.75) is 4.90 Å². The Kier molecular flexibility index (Phi) is 7.63. The molecule has 0 aliphatic carbocycles. The summed E-state index contributed by atoms with van der Waals surface area (Å²) in [6, 6.07) is 4.39. The van der Waals surface area contributed by atoms with E-state index in [1.54, 1.807) is 18.5 Å². The van der Waals surface area contributed by atoms with Gasteiger partial charge in [-0.3, -0.25) is 4.79 Å². The van der Waals surface area contributed by atoms with Crippen LogP contribution in [-0.4, -0.2) is 78.8 Å². The van der Waals surface area contributed by atoms with Crippen molar-refractivity contribution < 1.29 is 31.8 Å². The molecule has 216 valence electrons. The predicted molar refractivity (Wildman–Crippen MR) is 155 cm³/mol. The molecular weight excluding hydrogens is 552 g/mol. The third kappa shape index (κ3) is 4.75. The maximum absolute atomic E-state index is 14.2. The number of hydrogen-bond acceptors (Lipinski definition) is 12. The van der Waals surface area contributed by atoms with E-state index in [0.29, 0.717) is 43.6 Å². The number of fused-ring (bicyclic) bond motifs is 2. The first-order valence-corrected chi connectivity index (χ1v) is 14.4. The maximum atomic E-state index is 14.2. The molecule has 2 aromatic heterocycles. The summed E-state index contributed by atoms with van der Waals surface area (Å²) in [5.74, 6) is 1.05. The van der Waals surface area contributed by atoms with E-state index in [2.05, 4.69) is 21.4 Å². The fraction of sp³-hybridized carbons (Fsp3) is 0.321. The third-order valence-electron chi connectivity index (χ3n) is 6.96. The minimum Gasteiger partial charge on any atom is -0.493 e. The lowest BCUT2D eigenvalue weighted by molar-refractivity contribution is 0.326. The van der Waals surface area contributed by atoms with E-state index in [-0.39, 0.29) is 49.8 Å². The van der Waals surface area contributed by atoms with E-state index >= 15 is 0 Å². The highest BCUT2D eigenvalue weighted by molar-refractivity contribution is 7.91. The fourth-order valence-corrected chi connectivity index (χ4v) is 6.15. The van der Waals surface area contributed by atoms with Gasteiger partial charge in [0.05, 0.1) is 44.5 Å². The van der Waals surface area contributed by atoms with Gasteiger partial charge in [0.1, 0.15) is 11.1 Å². The molecule has 41 heavy (non-hydrogen) atoms. The molecule has 4 aromatic rings. The molecule has 0 atom stereocenters. The zero-order valence-corrected chi connectivity index (χ0v) is 24.0. The number of hydrogen-bond donors (Lipinski definition) is 0. The molecule has 0 saturated carbocycles. The monoisotopic (exact) mass is 582 g/mol. The Morgan fingerprint density at radius 3 is 2.12 bits per heavy atom. The van der Waals surface area contributed by atoms with Crippen LogP contribution in [0.5, 0.6) is 23.0 Å². The van der Waals surface area contributed by atoms with Crippen LogP contribution < -0.4 is 34.2 Å². The van der Waals surface area contributed by atoms with Gasteiger partial charge < -0.3 is 33.2 Å². The van der Waals surface area contributed by atoms with E-state index < -0.39 is 15.3 Å². The van der Waals surface area contributed by atoms with Gasteiger partial charge in [-0.15, -0.1) is 6.58 Å². The van der Waals surface area contributed by atoms with Gasteiger partial charge in [0.25, 0.3) is 0 Å². The van der Waals surface area contributed by atoms with Crippen molar-refractivity contribution in [3.63, 3.8) is 0 Å². The summed E-state index contributed by atoms with van der Waals surface area (Å²) >= 11 is 0. The van der Waals surface area contributed by atoms with Gasteiger partial charge in [-0.25, -0.2) is 18.4 Å². The number of rotatable bonds is 9. The van der Waals surface area contributed by atoms with E-state index in [9.17, 15) is 13.2 Å². The van der Waals surface area contributed by atoms with Crippen molar-refractivity contribution in [1.29, 1.82) is 0 Å². The molecule has 0 radical (unpaired) electrons. The highest BCUT2D eigenvalue weighted by Crippen LogP contribution is 2.51. The van der Waals surface area contributed by atoms with Crippen LogP contribution in [0.1, 0.15) is 0 Å². The van der Waals surface area contributed by atoms with E-state index in [1.807, 2.05) is 4.90 Å². The Morgan fingerprint density at radius 2 is 1.54 bits per heavy atom. The normalized spacial score (nSPS) is 13.9. The number of piperazine rings is 1. The summed E-state index contributed by atoms with van der Waals surface area (Å²) in [6.45, 7) is 5.75. The number of anilines is 2. The second kappa shape index (κ2) is 11.2. The average molecular weight is 583 g/mol. The third-order valence-corrected chi connectivity index (χ3v) is 8.59. The van der Waals surface area contributed by atoms with Crippen molar-refractivity contribution in [2.75, 3.05) is 70.2 Å². The lowest BCUT2D eigenvalue weighted by atomic mass is 10.1. The average Bonchev–Trinajstić information content (AvgIpc) is 3.00. The zero-order valence-electron chi connectivity index (χ0n) is 23.2. The topological polar surface area (TPSA) is 134 Å². The van der Waals surface area contributed by atoms with E-state index in [4.69, 9.17) is 23.4 Å². The molecule has 0 amide bonds. The molecule has 1 aliphatic heterocycles. The van der Waals surface area contributed by atoms with Crippen molar-refractivity contribution in [3.8, 4) is 23.0 Å². The lowest BCUT2D eigenvalue weighted by Crippen LogP contribution is -2.47. The molecule has 0 N–H and O–H groups in total. The summed E-state index contributed by atoms with van der Waals surface area (Å²) in [5, 5.41) is 0.101. The highest BCUT2D eigenvalue weighted by Gasteiger charge is 2.32. The lowest BCUT2D eigenvalue weighted by Gasteiger charge is -2.37. The van der Waals surface area contributed by atoms with Gasteiger partial charge in [0.2, 0.25) is 17.1 Å². The molecule has 3 heterocycles. The van der Waals surface area contributed by atoms with Gasteiger partial charge in [-0.2, -0.15) is 0 Å².